The number of benzene rings is 2. The first-order valence-electron chi connectivity index (χ1n) is 12.6. The van der Waals surface area contributed by atoms with Gasteiger partial charge in [0.25, 0.3) is 5.91 Å². The Morgan fingerprint density at radius 3 is 2.61 bits per heavy atom. The highest BCUT2D eigenvalue weighted by molar-refractivity contribution is 6.00. The number of nitrogens with zero attached hydrogens (tertiary/aromatic N) is 2. The lowest BCUT2D eigenvalue weighted by Crippen LogP contribution is -2.31. The second-order valence-corrected chi connectivity index (χ2v) is 9.04. The van der Waals surface area contributed by atoms with Crippen LogP contribution in [0.1, 0.15) is 68.2 Å². The first kappa shape index (κ1) is 25.6. The van der Waals surface area contributed by atoms with E-state index in [2.05, 4.69) is 17.1 Å². The van der Waals surface area contributed by atoms with Crippen molar-refractivity contribution in [2.75, 3.05) is 26.4 Å². The van der Waals surface area contributed by atoms with Crippen LogP contribution in [0.25, 0.3) is 11.3 Å². The number of phenols is 1. The molecular formula is C28H35N3O5. The third-order valence-electron chi connectivity index (χ3n) is 6.06. The largest absolute Gasteiger partial charge is 0.507 e. The van der Waals surface area contributed by atoms with E-state index in [0.29, 0.717) is 61.2 Å². The first-order valence-corrected chi connectivity index (χ1v) is 12.6. The van der Waals surface area contributed by atoms with Crippen molar-refractivity contribution in [3.05, 3.63) is 59.3 Å². The molecule has 0 aliphatic carbocycles. The van der Waals surface area contributed by atoms with Crippen molar-refractivity contribution in [3.8, 4) is 28.5 Å². The van der Waals surface area contributed by atoms with Crippen LogP contribution in [0.15, 0.2) is 42.5 Å². The zero-order valence-electron chi connectivity index (χ0n) is 21.4. The van der Waals surface area contributed by atoms with Crippen LogP contribution >= 0.6 is 0 Å². The minimum Gasteiger partial charge on any atom is -0.507 e. The van der Waals surface area contributed by atoms with E-state index in [1.807, 2.05) is 49.9 Å². The van der Waals surface area contributed by atoms with Crippen LogP contribution in [0.5, 0.6) is 17.2 Å². The fourth-order valence-electron chi connectivity index (χ4n) is 4.50. The molecule has 1 amide bonds. The van der Waals surface area contributed by atoms with E-state index in [9.17, 15) is 9.90 Å². The fourth-order valence-corrected chi connectivity index (χ4v) is 4.50. The number of para-hydroxylation sites is 1. The topological polar surface area (TPSA) is 96.9 Å². The molecule has 2 aromatic carbocycles. The summed E-state index contributed by atoms with van der Waals surface area (Å²) in [6, 6.07) is 12.4. The van der Waals surface area contributed by atoms with Crippen molar-refractivity contribution >= 4 is 5.91 Å². The summed E-state index contributed by atoms with van der Waals surface area (Å²) in [6.45, 7) is 10.1. The lowest BCUT2D eigenvalue weighted by atomic mass is 9.95. The van der Waals surface area contributed by atoms with E-state index in [-0.39, 0.29) is 17.8 Å². The van der Waals surface area contributed by atoms with Gasteiger partial charge in [-0.2, -0.15) is 5.10 Å². The van der Waals surface area contributed by atoms with E-state index in [4.69, 9.17) is 14.2 Å². The molecule has 0 bridgehead atoms. The van der Waals surface area contributed by atoms with Crippen LogP contribution in [0.2, 0.25) is 0 Å². The van der Waals surface area contributed by atoms with Crippen molar-refractivity contribution < 1.29 is 24.1 Å². The van der Waals surface area contributed by atoms with Gasteiger partial charge in [0.2, 0.25) is 0 Å². The Hall–Kier alpha value is -3.52. The van der Waals surface area contributed by atoms with Crippen molar-refractivity contribution in [1.29, 1.82) is 0 Å². The van der Waals surface area contributed by atoms with E-state index in [0.717, 1.165) is 17.5 Å². The molecule has 1 atom stereocenters. The summed E-state index contributed by atoms with van der Waals surface area (Å²) in [6.07, 6.45) is 1.71. The number of nitrogens with one attached hydrogen (secondary N) is 1. The van der Waals surface area contributed by atoms with E-state index >= 15 is 0 Å². The molecule has 0 saturated heterocycles. The lowest BCUT2D eigenvalue weighted by Gasteiger charge is -2.27. The molecular weight excluding hydrogens is 458 g/mol. The maximum Gasteiger partial charge on any atom is 0.273 e. The minimum absolute atomic E-state index is 0.111. The second-order valence-electron chi connectivity index (χ2n) is 9.04. The number of hydrogen-bond acceptors (Lipinski definition) is 6. The molecule has 0 unspecified atom stereocenters. The molecule has 1 aliphatic heterocycles. The summed E-state index contributed by atoms with van der Waals surface area (Å²) in [5, 5.41) is 17.9. The van der Waals surface area contributed by atoms with Gasteiger partial charge in [0.1, 0.15) is 17.1 Å². The van der Waals surface area contributed by atoms with Gasteiger partial charge in [-0.25, -0.2) is 0 Å². The van der Waals surface area contributed by atoms with Crippen molar-refractivity contribution in [3.63, 3.8) is 0 Å². The molecule has 0 fully saturated rings. The van der Waals surface area contributed by atoms with E-state index in [1.165, 1.54) is 0 Å². The van der Waals surface area contributed by atoms with Crippen molar-refractivity contribution in [2.24, 2.45) is 0 Å². The van der Waals surface area contributed by atoms with Gasteiger partial charge in [-0.05, 0) is 63.4 Å². The smallest absolute Gasteiger partial charge is 0.273 e. The van der Waals surface area contributed by atoms with Gasteiger partial charge in [0, 0.05) is 24.3 Å². The van der Waals surface area contributed by atoms with Crippen LogP contribution in [0, 0.1) is 0 Å². The molecule has 0 saturated carbocycles. The molecule has 8 heteroatoms. The lowest BCUT2D eigenvalue weighted by molar-refractivity contribution is 0.0601. The van der Waals surface area contributed by atoms with Gasteiger partial charge in [-0.15, -0.1) is 0 Å². The predicted octanol–water partition coefficient (Wildman–Crippen LogP) is 5.33. The molecule has 3 aromatic rings. The third kappa shape index (κ3) is 5.18. The summed E-state index contributed by atoms with van der Waals surface area (Å²) in [5.74, 6) is 1.30. The van der Waals surface area contributed by atoms with E-state index < -0.39 is 6.04 Å². The molecule has 2 N–H and O–H groups in total. The van der Waals surface area contributed by atoms with Crippen LogP contribution in [-0.4, -0.2) is 58.6 Å². The molecule has 4 rings (SSSR count). The summed E-state index contributed by atoms with van der Waals surface area (Å²) in [7, 11) is 0. The zero-order valence-corrected chi connectivity index (χ0v) is 21.4. The number of hydrogen-bond donors (Lipinski definition) is 2. The van der Waals surface area contributed by atoms with Gasteiger partial charge in [0.15, 0.2) is 11.5 Å². The summed E-state index contributed by atoms with van der Waals surface area (Å²) < 4.78 is 17.5. The average molecular weight is 494 g/mol. The number of ether oxygens (including phenoxy) is 3. The Labute approximate surface area is 212 Å². The number of aromatic nitrogens is 2. The maximum atomic E-state index is 13.6. The highest BCUT2D eigenvalue weighted by atomic mass is 16.5. The number of aromatic hydroxyl groups is 1. The number of aromatic amines is 1. The quantitative estimate of drug-likeness (QED) is 0.331. The van der Waals surface area contributed by atoms with Crippen LogP contribution in [-0.2, 0) is 4.74 Å². The number of carbonyl (C=O) groups excluding carboxylic acids is 1. The Balaban J connectivity index is 1.77. The summed E-state index contributed by atoms with van der Waals surface area (Å²) in [4.78, 5) is 15.4. The number of rotatable bonds is 12. The van der Waals surface area contributed by atoms with Gasteiger partial charge in [0.05, 0.1) is 25.4 Å². The molecule has 2 heterocycles. The average Bonchev–Trinajstić information content (AvgIpc) is 3.40. The highest BCUT2D eigenvalue weighted by Gasteiger charge is 2.42. The normalized spacial score (nSPS) is 15.0. The maximum absolute atomic E-state index is 13.6. The monoisotopic (exact) mass is 493 g/mol. The number of phenolic OH excluding ortho intramolecular Hbond substituents is 1. The number of H-pyrrole nitrogens is 1. The summed E-state index contributed by atoms with van der Waals surface area (Å²) in [5.41, 5.74) is 3.21. The van der Waals surface area contributed by atoms with Crippen molar-refractivity contribution in [2.45, 2.75) is 52.7 Å². The van der Waals surface area contributed by atoms with Gasteiger partial charge < -0.3 is 24.2 Å². The second kappa shape index (κ2) is 11.5. The van der Waals surface area contributed by atoms with Gasteiger partial charge in [-0.1, -0.05) is 25.1 Å². The van der Waals surface area contributed by atoms with Crippen LogP contribution in [0.4, 0.5) is 0 Å². The van der Waals surface area contributed by atoms with Gasteiger partial charge in [-0.3, -0.25) is 9.89 Å². The van der Waals surface area contributed by atoms with E-state index in [1.54, 1.807) is 18.2 Å². The van der Waals surface area contributed by atoms with Crippen LogP contribution < -0.4 is 9.47 Å². The highest BCUT2D eigenvalue weighted by Crippen LogP contribution is 2.45. The first-order chi connectivity index (χ1) is 17.5. The molecule has 1 aromatic heterocycles. The molecule has 1 aliphatic rings. The Morgan fingerprint density at radius 1 is 1.08 bits per heavy atom. The SMILES string of the molecule is CCCOc1ccc([C@@H]2c3c(-c4ccccc4O)n[nH]c3C(=O)N2CCCOC(C)C)cc1OCC. The van der Waals surface area contributed by atoms with Crippen molar-refractivity contribution in [1.82, 2.24) is 15.1 Å². The standard InChI is InChI=1S/C28H35N3O5/c1-5-15-36-22-13-12-19(17-23(22)34-6-2)27-24-25(20-10-7-8-11-21(20)32)29-30-26(24)28(33)31(27)14-9-16-35-18(3)4/h7-8,10-13,17-18,27,32H,5-6,9,14-16H2,1-4H3,(H,29,30)/t27-/m1/s1. The zero-order chi connectivity index (χ0) is 25.7. The predicted molar refractivity (Wildman–Crippen MR) is 138 cm³/mol. The molecule has 192 valence electrons. The third-order valence-corrected chi connectivity index (χ3v) is 6.06. The number of amides is 1. The molecule has 0 radical (unpaired) electrons. The summed E-state index contributed by atoms with van der Waals surface area (Å²) >= 11 is 0. The molecule has 36 heavy (non-hydrogen) atoms. The Morgan fingerprint density at radius 2 is 1.89 bits per heavy atom. The number of carbonyl (C=O) groups is 1. The number of fused-ring (bicyclic) bond motifs is 1. The Bertz CT molecular complexity index is 1190. The van der Waals surface area contributed by atoms with Gasteiger partial charge >= 0.3 is 0 Å². The fraction of sp³-hybridized carbons (Fsp3) is 0.429. The molecule has 0 spiro atoms. The minimum atomic E-state index is -0.403. The van der Waals surface area contributed by atoms with Crippen LogP contribution in [0.3, 0.4) is 0 Å². The molecule has 8 nitrogen and oxygen atoms in total. The Kier molecular flexibility index (Phi) is 8.15.